The molecule has 0 spiro atoms. The van der Waals surface area contributed by atoms with Crippen LogP contribution in [0.15, 0.2) is 55.1 Å². The molecule has 4 aromatic rings. The molecule has 1 aliphatic heterocycles. The molecule has 14 heteroatoms. The zero-order chi connectivity index (χ0) is 42.4. The number of anilines is 2. The average molecular weight is 835 g/mol. The molecule has 3 aliphatic rings. The van der Waals surface area contributed by atoms with Gasteiger partial charge in [-0.3, -0.25) is 15.3 Å². The monoisotopic (exact) mass is 833 g/mol. The molecular formula is C45H62ClF2N9O2. The number of aryl methyl sites for hydroxylation is 1. The smallest absolute Gasteiger partial charge is 0.243 e. The van der Waals surface area contributed by atoms with Crippen LogP contribution in [0.25, 0.3) is 11.1 Å². The van der Waals surface area contributed by atoms with Crippen molar-refractivity contribution in [1.29, 1.82) is 0 Å². The molecule has 2 aliphatic carbocycles. The molecule has 11 nitrogen and oxygen atoms in total. The standard InChI is InChI=1S/C25H41ClFN5O2.C20H21FN4/c1-7-31(8-2)24(33)25(5,6)32-14-18(13-30-32)17-11-21(23(28)29-12-17)34-16(4)22-15(3)20(27)10-9-19(22)26;21-18-6-5-13-3-1-2-4-14(19(13)9-18)7-15-8-16(10-23-20(15)22)17-11-24-25-12-17/h11-12,15-16,18-20,22,30H,7-10,13-14H2,1-6H3,(H2,28,29);5-6,8-12,14H,1-4,7H2,(H2,22,23)(H,24,25). The van der Waals surface area contributed by atoms with Gasteiger partial charge in [0.05, 0.1) is 6.20 Å². The van der Waals surface area contributed by atoms with Gasteiger partial charge in [0, 0.05) is 73.1 Å². The number of nitrogens with two attached hydrogens (primary N) is 2. The van der Waals surface area contributed by atoms with Crippen LogP contribution >= 0.6 is 11.6 Å². The number of halogens is 3. The van der Waals surface area contributed by atoms with Gasteiger partial charge in [-0.1, -0.05) is 19.4 Å². The first-order valence-corrected chi connectivity index (χ1v) is 21.7. The Hall–Kier alpha value is -4.33. The van der Waals surface area contributed by atoms with E-state index in [1.807, 2.05) is 69.8 Å². The summed E-state index contributed by atoms with van der Waals surface area (Å²) in [7, 11) is 0. The third-order valence-electron chi connectivity index (χ3n) is 12.8. The van der Waals surface area contributed by atoms with E-state index in [1.165, 1.54) is 5.56 Å². The number of hydrogen-bond donors (Lipinski definition) is 4. The summed E-state index contributed by atoms with van der Waals surface area (Å²) in [6.07, 6.45) is 12.3. The predicted octanol–water partition coefficient (Wildman–Crippen LogP) is 8.22. The Morgan fingerprint density at radius 2 is 1.81 bits per heavy atom. The van der Waals surface area contributed by atoms with Gasteiger partial charge < -0.3 is 21.1 Å². The number of aromatic amines is 1. The van der Waals surface area contributed by atoms with Crippen molar-refractivity contribution >= 4 is 29.1 Å². The first-order valence-electron chi connectivity index (χ1n) is 21.2. The number of alkyl halides is 2. The third kappa shape index (κ3) is 10.2. The fourth-order valence-corrected chi connectivity index (χ4v) is 9.69. The van der Waals surface area contributed by atoms with Gasteiger partial charge in [0.15, 0.2) is 11.6 Å². The highest BCUT2D eigenvalue weighted by atomic mass is 35.5. The van der Waals surface area contributed by atoms with E-state index in [4.69, 9.17) is 27.8 Å². The van der Waals surface area contributed by atoms with Gasteiger partial charge in [-0.2, -0.15) is 5.10 Å². The molecule has 4 heterocycles. The van der Waals surface area contributed by atoms with Crippen LogP contribution in [0, 0.1) is 17.7 Å². The van der Waals surface area contributed by atoms with E-state index >= 15 is 0 Å². The van der Waals surface area contributed by atoms with Crippen LogP contribution in [0.1, 0.15) is 108 Å². The summed E-state index contributed by atoms with van der Waals surface area (Å²) < 4.78 is 34.4. The van der Waals surface area contributed by atoms with Crippen molar-refractivity contribution in [2.75, 3.05) is 37.6 Å². The summed E-state index contributed by atoms with van der Waals surface area (Å²) >= 11 is 6.57. The van der Waals surface area contributed by atoms with Gasteiger partial charge in [-0.05, 0) is 131 Å². The van der Waals surface area contributed by atoms with Crippen LogP contribution in [-0.4, -0.2) is 85.4 Å². The van der Waals surface area contributed by atoms with Crippen molar-refractivity contribution in [3.63, 3.8) is 0 Å². The Bertz CT molecular complexity index is 2010. The third-order valence-corrected chi connectivity index (χ3v) is 13.3. The highest BCUT2D eigenvalue weighted by molar-refractivity contribution is 6.20. The maximum Gasteiger partial charge on any atom is 0.243 e. The lowest BCUT2D eigenvalue weighted by molar-refractivity contribution is -0.143. The maximum absolute atomic E-state index is 14.3. The van der Waals surface area contributed by atoms with E-state index in [1.54, 1.807) is 30.7 Å². The lowest BCUT2D eigenvalue weighted by atomic mass is 9.76. The second-order valence-electron chi connectivity index (χ2n) is 17.0. The number of pyridine rings is 2. The second-order valence-corrected chi connectivity index (χ2v) is 17.5. The van der Waals surface area contributed by atoms with Gasteiger partial charge in [0.1, 0.15) is 29.4 Å². The van der Waals surface area contributed by atoms with Crippen LogP contribution in [0.4, 0.5) is 20.4 Å². The number of nitrogens with zero attached hydrogens (tertiary/aromatic N) is 5. The maximum atomic E-state index is 14.3. The number of likely N-dealkylation sites (N-methyl/N-ethyl adjacent to an activating group) is 1. The minimum absolute atomic E-state index is 0.0994. The van der Waals surface area contributed by atoms with Crippen molar-refractivity contribution in [3.8, 4) is 16.9 Å². The average Bonchev–Trinajstić information content (AvgIpc) is 3.91. The number of aromatic nitrogens is 4. The number of H-pyrrole nitrogens is 1. The number of benzene rings is 1. The van der Waals surface area contributed by atoms with Crippen LogP contribution in [0.2, 0.25) is 0 Å². The number of nitrogen functional groups attached to an aromatic ring is 2. The number of hydrazine groups is 1. The molecule has 0 bridgehead atoms. The lowest BCUT2D eigenvalue weighted by Crippen LogP contribution is -2.58. The molecule has 3 aromatic heterocycles. The largest absolute Gasteiger partial charge is 0.486 e. The number of nitrogens with one attached hydrogen (secondary N) is 2. The molecule has 1 amide bonds. The van der Waals surface area contributed by atoms with E-state index in [9.17, 15) is 13.6 Å². The highest BCUT2D eigenvalue weighted by Crippen LogP contribution is 2.40. The van der Waals surface area contributed by atoms with Crippen molar-refractivity contribution in [2.45, 2.75) is 122 Å². The van der Waals surface area contributed by atoms with E-state index in [-0.39, 0.29) is 46.9 Å². The number of carbonyl (C=O) groups excluding carboxylic acids is 1. The summed E-state index contributed by atoms with van der Waals surface area (Å²) in [5.74, 6) is 1.41. The molecule has 1 saturated heterocycles. The Morgan fingerprint density at radius 1 is 1.05 bits per heavy atom. The predicted molar refractivity (Wildman–Crippen MR) is 231 cm³/mol. The molecule has 6 N–H and O–H groups in total. The van der Waals surface area contributed by atoms with Gasteiger partial charge in [0.2, 0.25) is 5.91 Å². The minimum atomic E-state index is -0.870. The van der Waals surface area contributed by atoms with E-state index in [2.05, 4.69) is 31.7 Å². The summed E-state index contributed by atoms with van der Waals surface area (Å²) in [5.41, 5.74) is 21.4. The lowest BCUT2D eigenvalue weighted by Gasteiger charge is -2.39. The van der Waals surface area contributed by atoms with Gasteiger partial charge in [0.25, 0.3) is 0 Å². The van der Waals surface area contributed by atoms with Crippen LogP contribution in [-0.2, 0) is 17.6 Å². The molecule has 7 rings (SSSR count). The quantitative estimate of drug-likeness (QED) is 0.0866. The summed E-state index contributed by atoms with van der Waals surface area (Å²) in [5, 5.41) is 8.70. The molecule has 7 unspecified atom stereocenters. The van der Waals surface area contributed by atoms with Gasteiger partial charge in [-0.15, -0.1) is 11.6 Å². The summed E-state index contributed by atoms with van der Waals surface area (Å²) in [4.78, 5) is 23.6. The molecule has 59 heavy (non-hydrogen) atoms. The summed E-state index contributed by atoms with van der Waals surface area (Å²) in [6, 6.07) is 9.21. The molecule has 7 atom stereocenters. The number of fused-ring (bicyclic) bond motifs is 1. The molecular weight excluding hydrogens is 772 g/mol. The van der Waals surface area contributed by atoms with Crippen LogP contribution in [0.3, 0.4) is 0 Å². The zero-order valence-electron chi connectivity index (χ0n) is 35.4. The number of rotatable bonds is 11. The minimum Gasteiger partial charge on any atom is -0.486 e. The SMILES string of the molecule is CCN(CC)C(=O)C(C)(C)N1CC(c2cnc(N)c(OC(C)C3C(Cl)CCC(F)C3C)c2)CN1.Nc1ncc(-c2cn[nH]c2)cc1CC1CCCCc2ccc(F)cc21. The van der Waals surface area contributed by atoms with Gasteiger partial charge >= 0.3 is 0 Å². The number of amides is 1. The van der Waals surface area contributed by atoms with Gasteiger partial charge in [-0.25, -0.2) is 23.8 Å². The molecule has 320 valence electrons. The Morgan fingerprint density at radius 3 is 2.54 bits per heavy atom. The Balaban J connectivity index is 0.000000207. The number of ether oxygens (including phenoxy) is 1. The van der Waals surface area contributed by atoms with Crippen LogP contribution in [0.5, 0.6) is 5.75 Å². The topological polar surface area (TPSA) is 151 Å². The molecule has 1 saturated carbocycles. The first kappa shape index (κ1) is 44.2. The number of carbonyl (C=O) groups is 1. The van der Waals surface area contributed by atoms with E-state index in [0.29, 0.717) is 56.4 Å². The van der Waals surface area contributed by atoms with Crippen molar-refractivity contribution in [2.24, 2.45) is 11.8 Å². The van der Waals surface area contributed by atoms with E-state index < -0.39 is 11.7 Å². The van der Waals surface area contributed by atoms with Crippen molar-refractivity contribution in [1.82, 2.24) is 35.5 Å². The Kier molecular flexibility index (Phi) is 14.5. The highest BCUT2D eigenvalue weighted by Gasteiger charge is 2.42. The van der Waals surface area contributed by atoms with E-state index in [0.717, 1.165) is 59.9 Å². The van der Waals surface area contributed by atoms with Crippen LogP contribution < -0.4 is 21.6 Å². The molecule has 2 fully saturated rings. The Labute approximate surface area is 353 Å². The first-order chi connectivity index (χ1) is 28.2. The van der Waals surface area contributed by atoms with Crippen molar-refractivity contribution < 1.29 is 18.3 Å². The normalized spacial score (nSPS) is 24.0. The molecule has 1 aromatic carbocycles. The molecule has 0 radical (unpaired) electrons. The number of hydrogen-bond acceptors (Lipinski definition) is 9. The van der Waals surface area contributed by atoms with Crippen molar-refractivity contribution in [3.05, 3.63) is 83.2 Å². The fraction of sp³-hybridized carbons (Fsp3) is 0.556. The second kappa shape index (κ2) is 19.4. The zero-order valence-corrected chi connectivity index (χ0v) is 36.1. The summed E-state index contributed by atoms with van der Waals surface area (Å²) in [6.45, 7) is 14.4. The fourth-order valence-electron chi connectivity index (χ4n) is 9.13.